The Morgan fingerprint density at radius 3 is 2.71 bits per heavy atom. The van der Waals surface area contributed by atoms with Crippen LogP contribution < -0.4 is 15.8 Å². The van der Waals surface area contributed by atoms with Gasteiger partial charge in [-0.1, -0.05) is 18.2 Å². The second-order valence-electron chi connectivity index (χ2n) is 4.62. The van der Waals surface area contributed by atoms with Crippen molar-refractivity contribution in [2.75, 3.05) is 18.9 Å². The van der Waals surface area contributed by atoms with E-state index in [2.05, 4.69) is 10.3 Å². The first kappa shape index (κ1) is 14.8. The molecule has 0 spiro atoms. The zero-order valence-corrected chi connectivity index (χ0v) is 11.8. The van der Waals surface area contributed by atoms with Gasteiger partial charge in [-0.15, -0.1) is 0 Å². The van der Waals surface area contributed by atoms with Crippen LogP contribution in [0.2, 0.25) is 0 Å². The van der Waals surface area contributed by atoms with E-state index in [0.29, 0.717) is 24.5 Å². The number of nitrogen functional groups attached to an aromatic ring is 1. The van der Waals surface area contributed by atoms with Crippen LogP contribution in [0.5, 0.6) is 5.75 Å². The number of rotatable bonds is 7. The molecule has 0 saturated carbocycles. The Morgan fingerprint density at radius 1 is 1.19 bits per heavy atom. The zero-order chi connectivity index (χ0) is 14.9. The van der Waals surface area contributed by atoms with Crippen LogP contribution in [0.25, 0.3) is 0 Å². The van der Waals surface area contributed by atoms with Crippen LogP contribution in [-0.2, 0) is 11.2 Å². The fraction of sp³-hybridized carbons (Fsp3) is 0.250. The number of nitrogens with one attached hydrogen (secondary N) is 1. The van der Waals surface area contributed by atoms with E-state index >= 15 is 0 Å². The minimum atomic E-state index is -0.0491. The van der Waals surface area contributed by atoms with E-state index < -0.39 is 0 Å². The number of carbonyl (C=O) groups is 1. The highest BCUT2D eigenvalue weighted by atomic mass is 16.5. The minimum Gasteiger partial charge on any atom is -0.494 e. The fourth-order valence-corrected chi connectivity index (χ4v) is 1.77. The number of aromatic nitrogens is 1. The molecule has 0 aliphatic carbocycles. The second-order valence-corrected chi connectivity index (χ2v) is 4.62. The summed E-state index contributed by atoms with van der Waals surface area (Å²) in [7, 11) is 0. The number of amides is 1. The lowest BCUT2D eigenvalue weighted by atomic mass is 10.2. The highest BCUT2D eigenvalue weighted by molar-refractivity contribution is 5.78. The minimum absolute atomic E-state index is 0.0491. The maximum Gasteiger partial charge on any atom is 0.226 e. The molecule has 1 aromatic heterocycles. The molecule has 0 bridgehead atoms. The molecule has 21 heavy (non-hydrogen) atoms. The van der Waals surface area contributed by atoms with Gasteiger partial charge in [-0.25, -0.2) is 0 Å². The number of nitrogens with zero attached hydrogens (tertiary/aromatic N) is 1. The number of hydrogen-bond donors (Lipinski definition) is 2. The molecule has 110 valence electrons. The number of para-hydroxylation sites is 1. The lowest BCUT2D eigenvalue weighted by Gasteiger charge is -2.07. The summed E-state index contributed by atoms with van der Waals surface area (Å²) in [5.74, 6) is 0.793. The van der Waals surface area contributed by atoms with E-state index in [4.69, 9.17) is 10.5 Å². The highest BCUT2D eigenvalue weighted by Crippen LogP contribution is 2.08. The molecule has 0 atom stereocenters. The summed E-state index contributed by atoms with van der Waals surface area (Å²) in [5, 5.41) is 2.84. The number of ether oxygens (including phenoxy) is 1. The van der Waals surface area contributed by atoms with Crippen molar-refractivity contribution in [2.24, 2.45) is 0 Å². The molecule has 0 fully saturated rings. The van der Waals surface area contributed by atoms with E-state index in [1.807, 2.05) is 30.3 Å². The Balaban J connectivity index is 1.60. The van der Waals surface area contributed by atoms with Gasteiger partial charge >= 0.3 is 0 Å². The van der Waals surface area contributed by atoms with E-state index in [1.165, 1.54) is 0 Å². The van der Waals surface area contributed by atoms with Gasteiger partial charge in [-0.05, 0) is 30.7 Å². The van der Waals surface area contributed by atoms with Crippen molar-refractivity contribution >= 4 is 11.6 Å². The van der Waals surface area contributed by atoms with Crippen LogP contribution in [0.15, 0.2) is 48.7 Å². The second kappa shape index (κ2) is 7.89. The smallest absolute Gasteiger partial charge is 0.226 e. The van der Waals surface area contributed by atoms with Gasteiger partial charge in [0.2, 0.25) is 5.91 Å². The van der Waals surface area contributed by atoms with Crippen LogP contribution >= 0.6 is 0 Å². The molecule has 1 aromatic carbocycles. The normalized spacial score (nSPS) is 10.1. The third-order valence-corrected chi connectivity index (χ3v) is 2.84. The van der Waals surface area contributed by atoms with Crippen molar-refractivity contribution in [2.45, 2.75) is 12.8 Å². The van der Waals surface area contributed by atoms with Crippen LogP contribution in [0.3, 0.4) is 0 Å². The number of pyridine rings is 1. The van der Waals surface area contributed by atoms with Crippen molar-refractivity contribution in [3.05, 3.63) is 54.4 Å². The van der Waals surface area contributed by atoms with E-state index in [1.54, 1.807) is 18.3 Å². The van der Waals surface area contributed by atoms with Crippen LogP contribution in [0, 0.1) is 0 Å². The van der Waals surface area contributed by atoms with Gasteiger partial charge in [-0.2, -0.15) is 0 Å². The molecule has 0 aliphatic rings. The molecular formula is C16H19N3O2. The van der Waals surface area contributed by atoms with Gasteiger partial charge in [0.25, 0.3) is 0 Å². The Kier molecular flexibility index (Phi) is 5.58. The Labute approximate surface area is 124 Å². The molecule has 0 unspecified atom stereocenters. The van der Waals surface area contributed by atoms with Gasteiger partial charge < -0.3 is 15.8 Å². The summed E-state index contributed by atoms with van der Waals surface area (Å²) in [6, 6.07) is 13.1. The lowest BCUT2D eigenvalue weighted by molar-refractivity contribution is -0.120. The van der Waals surface area contributed by atoms with E-state index in [0.717, 1.165) is 12.2 Å². The molecule has 5 nitrogen and oxygen atoms in total. The predicted molar refractivity (Wildman–Crippen MR) is 81.9 cm³/mol. The average Bonchev–Trinajstić information content (AvgIpc) is 2.50. The summed E-state index contributed by atoms with van der Waals surface area (Å²) in [5.41, 5.74) is 6.85. The highest BCUT2D eigenvalue weighted by Gasteiger charge is 2.03. The zero-order valence-electron chi connectivity index (χ0n) is 11.8. The van der Waals surface area contributed by atoms with Gasteiger partial charge in [0, 0.05) is 12.2 Å². The predicted octanol–water partition coefficient (Wildman–Crippen LogP) is 1.79. The van der Waals surface area contributed by atoms with Gasteiger partial charge in [0.05, 0.1) is 24.9 Å². The molecule has 2 rings (SSSR count). The lowest BCUT2D eigenvalue weighted by Crippen LogP contribution is -2.27. The molecular weight excluding hydrogens is 266 g/mol. The Hall–Kier alpha value is -2.56. The van der Waals surface area contributed by atoms with Crippen molar-refractivity contribution in [3.63, 3.8) is 0 Å². The molecule has 2 aromatic rings. The number of benzene rings is 1. The molecule has 3 N–H and O–H groups in total. The van der Waals surface area contributed by atoms with Crippen LogP contribution in [0.1, 0.15) is 12.1 Å². The summed E-state index contributed by atoms with van der Waals surface area (Å²) >= 11 is 0. The molecule has 0 saturated heterocycles. The molecule has 1 heterocycles. The molecule has 0 aliphatic heterocycles. The first-order valence-electron chi connectivity index (χ1n) is 6.89. The molecule has 0 radical (unpaired) electrons. The Morgan fingerprint density at radius 2 is 2.00 bits per heavy atom. The average molecular weight is 285 g/mol. The largest absolute Gasteiger partial charge is 0.494 e. The maximum absolute atomic E-state index is 11.7. The number of carbonyl (C=O) groups excluding carboxylic acids is 1. The first-order chi connectivity index (χ1) is 10.2. The standard InChI is InChI=1S/C16H19N3O2/c17-13-7-8-14(19-12-13)11-16(20)18-9-4-10-21-15-5-2-1-3-6-15/h1-3,5-8,12H,4,9-11,17H2,(H,18,20). The molecule has 5 heteroatoms. The van der Waals surface area contributed by atoms with Crippen molar-refractivity contribution < 1.29 is 9.53 Å². The monoisotopic (exact) mass is 285 g/mol. The third-order valence-electron chi connectivity index (χ3n) is 2.84. The van der Waals surface area contributed by atoms with Crippen molar-refractivity contribution in [3.8, 4) is 5.75 Å². The SMILES string of the molecule is Nc1ccc(CC(=O)NCCCOc2ccccc2)nc1. The molecule has 1 amide bonds. The summed E-state index contributed by atoms with van der Waals surface area (Å²) in [4.78, 5) is 15.8. The van der Waals surface area contributed by atoms with E-state index in [-0.39, 0.29) is 12.3 Å². The Bertz CT molecular complexity index is 555. The van der Waals surface area contributed by atoms with Crippen molar-refractivity contribution in [1.82, 2.24) is 10.3 Å². The summed E-state index contributed by atoms with van der Waals surface area (Å²) < 4.78 is 5.54. The maximum atomic E-state index is 11.7. The number of anilines is 1. The fourth-order valence-electron chi connectivity index (χ4n) is 1.77. The summed E-state index contributed by atoms with van der Waals surface area (Å²) in [6.45, 7) is 1.16. The number of nitrogens with two attached hydrogens (primary N) is 1. The van der Waals surface area contributed by atoms with Gasteiger partial charge in [-0.3, -0.25) is 9.78 Å². The van der Waals surface area contributed by atoms with E-state index in [9.17, 15) is 4.79 Å². The van der Waals surface area contributed by atoms with Gasteiger partial charge in [0.1, 0.15) is 5.75 Å². The third kappa shape index (κ3) is 5.52. The van der Waals surface area contributed by atoms with Crippen molar-refractivity contribution in [1.29, 1.82) is 0 Å². The van der Waals surface area contributed by atoms with Crippen LogP contribution in [-0.4, -0.2) is 24.0 Å². The number of hydrogen-bond acceptors (Lipinski definition) is 4. The topological polar surface area (TPSA) is 77.2 Å². The van der Waals surface area contributed by atoms with Crippen LogP contribution in [0.4, 0.5) is 5.69 Å². The quantitative estimate of drug-likeness (QED) is 0.760. The van der Waals surface area contributed by atoms with Gasteiger partial charge in [0.15, 0.2) is 0 Å². The first-order valence-corrected chi connectivity index (χ1v) is 6.89. The summed E-state index contributed by atoms with van der Waals surface area (Å²) in [6.07, 6.45) is 2.58.